The average molecular weight is 365 g/mol. The summed E-state index contributed by atoms with van der Waals surface area (Å²) in [6.45, 7) is 0. The minimum absolute atomic E-state index is 0.0817. The molecule has 0 heterocycles. The molecule has 1 aromatic rings. The molecule has 1 aliphatic carbocycles. The first-order chi connectivity index (χ1) is 8.08. The third-order valence-corrected chi connectivity index (χ3v) is 4.64. The predicted molar refractivity (Wildman–Crippen MR) is 77.2 cm³/mol. The Balaban J connectivity index is 2.06. The maximum absolute atomic E-state index is 12.0. The molecule has 3 nitrogen and oxygen atoms in total. The van der Waals surface area contributed by atoms with Crippen molar-refractivity contribution < 1.29 is 4.79 Å². The highest BCUT2D eigenvalue weighted by atomic mass is 127. The molecular weight excluding hydrogens is 351 g/mol. The van der Waals surface area contributed by atoms with Crippen LogP contribution < -0.4 is 11.1 Å². The van der Waals surface area contributed by atoms with Gasteiger partial charge in [0, 0.05) is 21.2 Å². The quantitative estimate of drug-likeness (QED) is 0.793. The van der Waals surface area contributed by atoms with Gasteiger partial charge in [-0.1, -0.05) is 11.6 Å². The molecular formula is C12H14ClIN2O. The van der Waals surface area contributed by atoms with E-state index < -0.39 is 0 Å². The second-order valence-corrected chi connectivity index (χ2v) is 5.87. The van der Waals surface area contributed by atoms with Gasteiger partial charge in [-0.3, -0.25) is 4.79 Å². The molecule has 0 bridgehead atoms. The molecule has 0 aliphatic heterocycles. The van der Waals surface area contributed by atoms with E-state index in [1.54, 1.807) is 12.1 Å². The lowest BCUT2D eigenvalue weighted by Gasteiger charge is -2.17. The van der Waals surface area contributed by atoms with Crippen LogP contribution in [0.25, 0.3) is 0 Å². The molecule has 1 aliphatic rings. The third kappa shape index (κ3) is 3.11. The second-order valence-electron chi connectivity index (χ2n) is 4.30. The largest absolute Gasteiger partial charge is 0.348 e. The maximum atomic E-state index is 12.0. The van der Waals surface area contributed by atoms with E-state index in [0.717, 1.165) is 22.8 Å². The summed E-state index contributed by atoms with van der Waals surface area (Å²) in [5.41, 5.74) is 6.51. The van der Waals surface area contributed by atoms with Gasteiger partial charge in [0.15, 0.2) is 0 Å². The Morgan fingerprint density at radius 1 is 1.47 bits per heavy atom. The summed E-state index contributed by atoms with van der Waals surface area (Å²) in [5.74, 6) is -0.0920. The smallest absolute Gasteiger partial charge is 0.251 e. The van der Waals surface area contributed by atoms with Crippen LogP contribution in [-0.4, -0.2) is 18.0 Å². The average Bonchev–Trinajstić information content (AvgIpc) is 2.68. The van der Waals surface area contributed by atoms with Gasteiger partial charge in [-0.25, -0.2) is 0 Å². The van der Waals surface area contributed by atoms with Crippen molar-refractivity contribution in [3.63, 3.8) is 0 Å². The zero-order valence-corrected chi connectivity index (χ0v) is 12.2. The highest BCUT2D eigenvalue weighted by molar-refractivity contribution is 14.1. The minimum atomic E-state index is -0.0920. The van der Waals surface area contributed by atoms with Gasteiger partial charge in [0.2, 0.25) is 0 Å². The van der Waals surface area contributed by atoms with E-state index in [4.69, 9.17) is 17.3 Å². The molecule has 0 spiro atoms. The van der Waals surface area contributed by atoms with Gasteiger partial charge >= 0.3 is 0 Å². The van der Waals surface area contributed by atoms with Gasteiger partial charge in [-0.05, 0) is 60.1 Å². The molecule has 1 amide bonds. The number of carbonyl (C=O) groups is 1. The molecule has 0 saturated heterocycles. The van der Waals surface area contributed by atoms with E-state index in [1.165, 1.54) is 0 Å². The molecule has 2 rings (SSSR count). The lowest BCUT2D eigenvalue weighted by atomic mass is 10.1. The van der Waals surface area contributed by atoms with E-state index in [9.17, 15) is 4.79 Å². The zero-order valence-electron chi connectivity index (χ0n) is 9.25. The Morgan fingerprint density at radius 3 is 2.82 bits per heavy atom. The fourth-order valence-electron chi connectivity index (χ4n) is 2.06. The first-order valence-electron chi connectivity index (χ1n) is 5.59. The highest BCUT2D eigenvalue weighted by Gasteiger charge is 2.25. The summed E-state index contributed by atoms with van der Waals surface area (Å²) in [7, 11) is 0. The summed E-state index contributed by atoms with van der Waals surface area (Å²) in [5, 5.41) is 3.57. The number of hydrogen-bond donors (Lipinski definition) is 2. The van der Waals surface area contributed by atoms with Gasteiger partial charge in [-0.2, -0.15) is 0 Å². The Morgan fingerprint density at radius 2 is 2.24 bits per heavy atom. The monoisotopic (exact) mass is 364 g/mol. The molecule has 3 N–H and O–H groups in total. The molecule has 5 heteroatoms. The van der Waals surface area contributed by atoms with Crippen molar-refractivity contribution in [2.45, 2.75) is 31.3 Å². The van der Waals surface area contributed by atoms with E-state index in [1.807, 2.05) is 6.07 Å². The van der Waals surface area contributed by atoms with Crippen molar-refractivity contribution in [1.82, 2.24) is 5.32 Å². The van der Waals surface area contributed by atoms with Crippen molar-refractivity contribution in [2.75, 3.05) is 0 Å². The third-order valence-electron chi connectivity index (χ3n) is 3.07. The van der Waals surface area contributed by atoms with Gasteiger partial charge in [0.1, 0.15) is 0 Å². The number of nitrogens with one attached hydrogen (secondary N) is 1. The van der Waals surface area contributed by atoms with Crippen molar-refractivity contribution in [2.24, 2.45) is 5.73 Å². The topological polar surface area (TPSA) is 55.1 Å². The molecule has 92 valence electrons. The molecule has 2 unspecified atom stereocenters. The first-order valence-corrected chi connectivity index (χ1v) is 7.05. The fraction of sp³-hybridized carbons (Fsp3) is 0.417. The van der Waals surface area contributed by atoms with Crippen LogP contribution in [0.1, 0.15) is 29.6 Å². The Kier molecular flexibility index (Phi) is 4.27. The van der Waals surface area contributed by atoms with Gasteiger partial charge in [0.25, 0.3) is 5.91 Å². The maximum Gasteiger partial charge on any atom is 0.251 e. The SMILES string of the molecule is NC1CCCC1NC(=O)c1ccc(I)c(Cl)c1. The summed E-state index contributed by atoms with van der Waals surface area (Å²) in [6.07, 6.45) is 3.03. The van der Waals surface area contributed by atoms with Gasteiger partial charge in [-0.15, -0.1) is 0 Å². The van der Waals surface area contributed by atoms with Crippen LogP contribution >= 0.6 is 34.2 Å². The van der Waals surface area contributed by atoms with E-state index >= 15 is 0 Å². The Hall–Kier alpha value is -0.330. The summed E-state index contributed by atoms with van der Waals surface area (Å²) >= 11 is 8.13. The van der Waals surface area contributed by atoms with Crippen LogP contribution in [0.15, 0.2) is 18.2 Å². The minimum Gasteiger partial charge on any atom is -0.348 e. The number of nitrogens with two attached hydrogens (primary N) is 1. The van der Waals surface area contributed by atoms with Crippen LogP contribution in [0.2, 0.25) is 5.02 Å². The molecule has 17 heavy (non-hydrogen) atoms. The lowest BCUT2D eigenvalue weighted by Crippen LogP contribution is -2.43. The Bertz CT molecular complexity index is 439. The van der Waals surface area contributed by atoms with Crippen LogP contribution in [-0.2, 0) is 0 Å². The van der Waals surface area contributed by atoms with E-state index in [0.29, 0.717) is 10.6 Å². The van der Waals surface area contributed by atoms with Gasteiger partial charge < -0.3 is 11.1 Å². The van der Waals surface area contributed by atoms with Crippen molar-refractivity contribution in [3.05, 3.63) is 32.4 Å². The summed E-state index contributed by atoms with van der Waals surface area (Å²) < 4.78 is 0.943. The molecule has 0 radical (unpaired) electrons. The number of carbonyl (C=O) groups excluding carboxylic acids is 1. The predicted octanol–water partition coefficient (Wildman–Crippen LogP) is 2.55. The van der Waals surface area contributed by atoms with Crippen molar-refractivity contribution in [3.8, 4) is 0 Å². The summed E-state index contributed by atoms with van der Waals surface area (Å²) in [4.78, 5) is 12.0. The fourth-order valence-corrected chi connectivity index (χ4v) is 2.57. The van der Waals surface area contributed by atoms with Gasteiger partial charge in [0.05, 0.1) is 5.02 Å². The highest BCUT2D eigenvalue weighted by Crippen LogP contribution is 2.21. The van der Waals surface area contributed by atoms with E-state index in [2.05, 4.69) is 27.9 Å². The standard InChI is InChI=1S/C12H14ClIN2O/c13-8-6-7(4-5-9(8)14)12(17)16-11-3-1-2-10(11)15/h4-6,10-11H,1-3,15H2,(H,16,17). The molecule has 1 saturated carbocycles. The lowest BCUT2D eigenvalue weighted by molar-refractivity contribution is 0.0934. The second kappa shape index (κ2) is 5.54. The molecule has 0 aromatic heterocycles. The van der Waals surface area contributed by atoms with Crippen LogP contribution in [0.4, 0.5) is 0 Å². The number of benzene rings is 1. The van der Waals surface area contributed by atoms with Crippen molar-refractivity contribution in [1.29, 1.82) is 0 Å². The number of hydrogen-bond acceptors (Lipinski definition) is 2. The first kappa shape index (κ1) is 13.1. The Labute approximate surface area is 119 Å². The number of amides is 1. The van der Waals surface area contributed by atoms with Crippen molar-refractivity contribution >= 4 is 40.1 Å². The molecule has 1 aromatic carbocycles. The molecule has 1 fully saturated rings. The van der Waals surface area contributed by atoms with Crippen LogP contribution in [0.5, 0.6) is 0 Å². The zero-order chi connectivity index (χ0) is 12.4. The van der Waals surface area contributed by atoms with Crippen LogP contribution in [0.3, 0.4) is 0 Å². The number of rotatable bonds is 2. The normalized spacial score (nSPS) is 23.7. The molecule has 2 atom stereocenters. The number of halogens is 2. The summed E-state index contributed by atoms with van der Waals surface area (Å²) in [6, 6.07) is 5.49. The van der Waals surface area contributed by atoms with Crippen LogP contribution in [0, 0.1) is 3.57 Å². The van der Waals surface area contributed by atoms with E-state index in [-0.39, 0.29) is 18.0 Å².